The van der Waals surface area contributed by atoms with Gasteiger partial charge in [-0.25, -0.2) is 0 Å². The first kappa shape index (κ1) is 10.5. The molecule has 0 saturated carbocycles. The first-order valence-electron chi connectivity index (χ1n) is 4.78. The number of morpholine rings is 1. The molecule has 0 amide bonds. The van der Waals surface area contributed by atoms with Gasteiger partial charge in [-0.05, 0) is 6.42 Å². The van der Waals surface area contributed by atoms with E-state index >= 15 is 0 Å². The number of ether oxygens (including phenoxy) is 2. The number of carbonyl (C=O) groups is 1. The predicted molar refractivity (Wildman–Crippen MR) is 49.6 cm³/mol. The number of rotatable bonds is 4. The number of aliphatic hydroxyl groups is 2. The maximum absolute atomic E-state index is 10.4. The van der Waals surface area contributed by atoms with Crippen LogP contribution in [-0.4, -0.2) is 55.1 Å². The van der Waals surface area contributed by atoms with Crippen molar-refractivity contribution in [2.75, 3.05) is 39.5 Å². The van der Waals surface area contributed by atoms with Gasteiger partial charge < -0.3 is 9.47 Å². The van der Waals surface area contributed by atoms with Gasteiger partial charge in [0, 0.05) is 13.5 Å². The molecule has 1 heterocycles. The molecule has 0 aromatic heterocycles. The minimum atomic E-state index is -0.186. The summed E-state index contributed by atoms with van der Waals surface area (Å²) in [6.45, 7) is 7.02. The van der Waals surface area contributed by atoms with Crippen molar-refractivity contribution in [2.24, 2.45) is 0 Å². The highest BCUT2D eigenvalue weighted by Crippen LogP contribution is 1.96. The van der Waals surface area contributed by atoms with Crippen LogP contribution >= 0.6 is 0 Å². The van der Waals surface area contributed by atoms with E-state index in [2.05, 4.69) is 9.64 Å². The van der Waals surface area contributed by atoms with Crippen LogP contribution in [0.3, 0.4) is 0 Å². The molecule has 0 radical (unpaired) electrons. The van der Waals surface area contributed by atoms with Crippen molar-refractivity contribution in [3.05, 3.63) is 0 Å². The Kier molecular flexibility index (Phi) is 4.78. The minimum absolute atomic E-state index is 0.186. The summed E-state index contributed by atoms with van der Waals surface area (Å²) in [5.74, 6) is -0.186. The summed E-state index contributed by atoms with van der Waals surface area (Å²) in [6, 6.07) is 0. The van der Waals surface area contributed by atoms with Gasteiger partial charge in [0.15, 0.2) is 13.2 Å². The summed E-state index contributed by atoms with van der Waals surface area (Å²) >= 11 is 0. The molecule has 1 N–H and O–H groups in total. The van der Waals surface area contributed by atoms with Crippen LogP contribution in [0.25, 0.3) is 0 Å². The lowest BCUT2D eigenvalue weighted by Gasteiger charge is -2.23. The Bertz CT molecular complexity index is 155. The van der Waals surface area contributed by atoms with Crippen LogP contribution in [0, 0.1) is 0 Å². The molecular formula is C9H18NO3+. The fourth-order valence-electron chi connectivity index (χ4n) is 1.38. The Hall–Kier alpha value is -0.610. The van der Waals surface area contributed by atoms with Gasteiger partial charge in [-0.1, -0.05) is 0 Å². The molecule has 1 aliphatic heterocycles. The normalized spacial score (nSPS) is 18.5. The van der Waals surface area contributed by atoms with Crippen LogP contribution in [0.2, 0.25) is 0 Å². The van der Waals surface area contributed by atoms with Crippen LogP contribution in [0.15, 0.2) is 0 Å². The lowest BCUT2D eigenvalue weighted by molar-refractivity contribution is -0.141. The Labute approximate surface area is 78.8 Å². The second kappa shape index (κ2) is 5.94. The number of esters is 1. The molecule has 0 atom stereocenters. The summed E-state index contributed by atoms with van der Waals surface area (Å²) in [4.78, 5) is 12.8. The molecule has 4 heteroatoms. The number of hydrogen-bond acceptors (Lipinski definition) is 3. The largest absolute Gasteiger partial charge is 0.466 e. The number of nitrogens with zero attached hydrogens (tertiary/aromatic N) is 1. The molecule has 4 nitrogen and oxygen atoms in total. The van der Waals surface area contributed by atoms with E-state index in [0.717, 1.165) is 39.3 Å². The third-order valence-electron chi connectivity index (χ3n) is 2.07. The van der Waals surface area contributed by atoms with E-state index in [1.54, 1.807) is 0 Å². The van der Waals surface area contributed by atoms with Crippen LogP contribution in [0.1, 0.15) is 13.3 Å². The summed E-state index contributed by atoms with van der Waals surface area (Å²) in [6.07, 6.45) is 0.930. The zero-order chi connectivity index (χ0) is 9.52. The molecule has 13 heavy (non-hydrogen) atoms. The molecule has 1 fully saturated rings. The van der Waals surface area contributed by atoms with E-state index in [-0.39, 0.29) is 5.97 Å². The van der Waals surface area contributed by atoms with Crippen LogP contribution in [0.5, 0.6) is 0 Å². The summed E-state index contributed by atoms with van der Waals surface area (Å²) in [5.41, 5.74) is 0. The van der Waals surface area contributed by atoms with E-state index in [0.29, 0.717) is 6.61 Å². The lowest BCUT2D eigenvalue weighted by atomic mass is 10.3. The van der Waals surface area contributed by atoms with Crippen molar-refractivity contribution in [1.29, 1.82) is 0 Å². The minimum Gasteiger partial charge on any atom is -0.466 e. The van der Waals surface area contributed by atoms with E-state index in [1.807, 2.05) is 0 Å². The van der Waals surface area contributed by atoms with E-state index < -0.39 is 0 Å². The Balaban J connectivity index is 1.95. The highest BCUT2D eigenvalue weighted by Gasteiger charge is 2.12. The number of carbonyl (C=O) groups excluding carboxylic acids is 1. The first-order chi connectivity index (χ1) is 6.29. The van der Waals surface area contributed by atoms with E-state index in [9.17, 15) is 4.79 Å². The van der Waals surface area contributed by atoms with Gasteiger partial charge in [-0.2, -0.15) is 0 Å². The molecule has 1 rings (SSSR count). The van der Waals surface area contributed by atoms with Gasteiger partial charge >= 0.3 is 5.97 Å². The van der Waals surface area contributed by atoms with E-state index in [4.69, 9.17) is 4.74 Å². The lowest BCUT2D eigenvalue weighted by Crippen LogP contribution is -2.38. The van der Waals surface area contributed by atoms with Crippen LogP contribution in [-0.2, 0) is 9.53 Å². The van der Waals surface area contributed by atoms with Gasteiger partial charge in [-0.15, -0.1) is 0 Å². The molecule has 0 aliphatic carbocycles. The highest BCUT2D eigenvalue weighted by molar-refractivity contribution is 5.65. The average Bonchev–Trinajstić information content (AvgIpc) is 2.14. The Morgan fingerprint density at radius 2 is 2.15 bits per heavy atom. The second-order valence-electron chi connectivity index (χ2n) is 3.21. The Morgan fingerprint density at radius 3 is 2.77 bits per heavy atom. The Morgan fingerprint density at radius 1 is 1.46 bits per heavy atom. The number of hydrogen-bond donors (Lipinski definition) is 0. The molecule has 0 aromatic rings. The van der Waals surface area contributed by atoms with Gasteiger partial charge in [0.25, 0.3) is 0 Å². The van der Waals surface area contributed by atoms with Crippen LogP contribution in [0.4, 0.5) is 0 Å². The van der Waals surface area contributed by atoms with Gasteiger partial charge in [0.05, 0.1) is 19.7 Å². The highest BCUT2D eigenvalue weighted by atomic mass is 16.5. The monoisotopic (exact) mass is 188 g/mol. The first-order valence-corrected chi connectivity index (χ1v) is 4.78. The average molecular weight is 188 g/mol. The zero-order valence-corrected chi connectivity index (χ0v) is 8.16. The van der Waals surface area contributed by atoms with Crippen molar-refractivity contribution in [3.63, 3.8) is 0 Å². The maximum Gasteiger partial charge on any atom is 0.302 e. The summed E-state index contributed by atoms with van der Waals surface area (Å²) in [7, 11) is 0. The third-order valence-corrected chi connectivity index (χ3v) is 2.07. The zero-order valence-electron chi connectivity index (χ0n) is 8.16. The fourth-order valence-corrected chi connectivity index (χ4v) is 1.38. The summed E-state index contributed by atoms with van der Waals surface area (Å²) in [5, 5.41) is 0. The SMILES string of the molecule is CC(=O)OCCCN1CC[OH+]CC1. The maximum atomic E-state index is 10.4. The quantitative estimate of drug-likeness (QED) is 0.348. The van der Waals surface area contributed by atoms with Crippen molar-refractivity contribution < 1.29 is 14.3 Å². The molecule has 0 bridgehead atoms. The molecule has 0 unspecified atom stereocenters. The van der Waals surface area contributed by atoms with Gasteiger partial charge in [0.1, 0.15) is 0 Å². The molecule has 0 aromatic carbocycles. The van der Waals surface area contributed by atoms with Gasteiger partial charge in [0.2, 0.25) is 0 Å². The van der Waals surface area contributed by atoms with Crippen molar-refractivity contribution >= 4 is 5.97 Å². The second-order valence-corrected chi connectivity index (χ2v) is 3.21. The molecule has 1 aliphatic rings. The fraction of sp³-hybridized carbons (Fsp3) is 0.889. The van der Waals surface area contributed by atoms with Crippen molar-refractivity contribution in [2.45, 2.75) is 13.3 Å². The molecule has 76 valence electrons. The standard InChI is InChI=1S/C9H17NO3/c1-9(11)13-6-2-3-10-4-7-12-8-5-10/h2-8H2,1H3/p+1. The van der Waals surface area contributed by atoms with E-state index in [1.165, 1.54) is 6.92 Å². The van der Waals surface area contributed by atoms with Crippen molar-refractivity contribution in [3.8, 4) is 0 Å². The molecule has 0 spiro atoms. The van der Waals surface area contributed by atoms with Crippen molar-refractivity contribution in [1.82, 2.24) is 4.90 Å². The molecular weight excluding hydrogens is 170 g/mol. The topological polar surface area (TPSA) is 42.3 Å². The molecule has 1 saturated heterocycles. The third kappa shape index (κ3) is 4.85. The van der Waals surface area contributed by atoms with Crippen LogP contribution < -0.4 is 0 Å². The smallest absolute Gasteiger partial charge is 0.302 e. The summed E-state index contributed by atoms with van der Waals surface area (Å²) < 4.78 is 9.10. The predicted octanol–water partition coefficient (Wildman–Crippen LogP) is -0.217. The van der Waals surface area contributed by atoms with Gasteiger partial charge in [-0.3, -0.25) is 9.69 Å².